The Kier molecular flexibility index (Phi) is 19.4. The maximum Gasteiger partial charge on any atom is 0.199 e. The molecule has 0 aromatic heterocycles. The molecule has 2 aliphatic carbocycles. The van der Waals surface area contributed by atoms with E-state index in [-0.39, 0.29) is 0 Å². The van der Waals surface area contributed by atoms with Crippen LogP contribution in [0.4, 0.5) is 11.4 Å². The third-order valence-corrected chi connectivity index (χ3v) is 13.9. The first-order valence-electron chi connectivity index (χ1n) is 25.5. The van der Waals surface area contributed by atoms with E-state index in [4.69, 9.17) is 0 Å². The maximum atomic E-state index is 4.16. The van der Waals surface area contributed by atoms with E-state index in [0.717, 1.165) is 51.3 Å². The third-order valence-electron chi connectivity index (χ3n) is 13.9. The zero-order chi connectivity index (χ0) is 48.1. The van der Waals surface area contributed by atoms with Crippen LogP contribution in [0.1, 0.15) is 78.9 Å². The minimum Gasteiger partial charge on any atom is -0.372 e. The van der Waals surface area contributed by atoms with Crippen LogP contribution in [0.25, 0.3) is 11.1 Å². The van der Waals surface area contributed by atoms with Gasteiger partial charge in [-0.05, 0) is 118 Å². The second-order valence-corrected chi connectivity index (χ2v) is 17.8. The van der Waals surface area contributed by atoms with Crippen LogP contribution in [0.3, 0.4) is 0 Å². The van der Waals surface area contributed by atoms with Gasteiger partial charge in [0.15, 0.2) is 5.71 Å². The molecule has 3 nitrogen and oxygen atoms in total. The Balaban J connectivity index is 0.000000276. The standard InChI is InChI=1S/C42H52N3.C22H24B/c1-8-43(9-2)38-27-21-35(22-28-38)41(34-19-17-33(7)18-20-34)15-14-16-42(36-23-29-39(30-24-36)44(10-3)11-4)37-25-31-40(32-26-37)45(12-5)13-6;1-2-3-19-23(20-13-7-4-8-14-20,21-15-9-5-10-16-21)22-17-11-6-12-18-22/h14-17,19-32H,7-13,18H2,1-6H3;4-18H,2-3,19H2,1H3/q+1;-1. The summed E-state index contributed by atoms with van der Waals surface area (Å²) in [5.41, 5.74) is 16.6. The van der Waals surface area contributed by atoms with E-state index in [2.05, 4.69) is 270 Å². The largest absolute Gasteiger partial charge is 0.372 e. The maximum absolute atomic E-state index is 4.16. The van der Waals surface area contributed by atoms with E-state index in [1.54, 1.807) is 0 Å². The van der Waals surface area contributed by atoms with Crippen molar-refractivity contribution < 1.29 is 4.58 Å². The first kappa shape index (κ1) is 50.8. The van der Waals surface area contributed by atoms with Crippen LogP contribution in [0.2, 0.25) is 6.32 Å². The Labute approximate surface area is 411 Å². The number of hydrogen-bond acceptors (Lipinski definition) is 2. The molecule has 5 aromatic rings. The average molecular weight is 898 g/mol. The number of rotatable bonds is 19. The highest BCUT2D eigenvalue weighted by molar-refractivity contribution is 7.11. The summed E-state index contributed by atoms with van der Waals surface area (Å²) < 4.78 is 2.39. The summed E-state index contributed by atoms with van der Waals surface area (Å²) in [5, 5.41) is 0. The Morgan fingerprint density at radius 3 is 1.44 bits per heavy atom. The molecule has 0 fully saturated rings. The molecule has 0 amide bonds. The molecule has 0 radical (unpaired) electrons. The van der Waals surface area contributed by atoms with E-state index < -0.39 is 6.15 Å². The zero-order valence-corrected chi connectivity index (χ0v) is 42.2. The molecular weight excluding hydrogens is 822 g/mol. The number of anilines is 2. The van der Waals surface area contributed by atoms with Crippen LogP contribution in [-0.2, 0) is 0 Å². The van der Waals surface area contributed by atoms with Crippen molar-refractivity contribution in [3.05, 3.63) is 235 Å². The van der Waals surface area contributed by atoms with Crippen LogP contribution in [0.5, 0.6) is 0 Å². The predicted octanol–water partition coefficient (Wildman–Crippen LogP) is 13.8. The molecule has 0 spiro atoms. The minimum absolute atomic E-state index is 0.875. The quantitative estimate of drug-likeness (QED) is 0.0464. The highest BCUT2D eigenvalue weighted by Gasteiger charge is 2.29. The Hall–Kier alpha value is -6.65. The fourth-order valence-electron chi connectivity index (χ4n) is 10.00. The topological polar surface area (TPSA) is 9.49 Å². The van der Waals surface area contributed by atoms with Gasteiger partial charge in [0.2, 0.25) is 0 Å². The Morgan fingerprint density at radius 1 is 0.559 bits per heavy atom. The van der Waals surface area contributed by atoms with Crippen molar-refractivity contribution in [3.63, 3.8) is 0 Å². The van der Waals surface area contributed by atoms with Gasteiger partial charge in [0.05, 0.1) is 6.15 Å². The third kappa shape index (κ3) is 12.7. The lowest BCUT2D eigenvalue weighted by atomic mass is 9.14. The summed E-state index contributed by atoms with van der Waals surface area (Å²) in [5.74, 6) is 0. The van der Waals surface area contributed by atoms with Crippen LogP contribution in [-0.4, -0.2) is 55.7 Å². The van der Waals surface area contributed by atoms with Crippen molar-refractivity contribution in [1.82, 2.24) is 0 Å². The van der Waals surface area contributed by atoms with E-state index in [0.29, 0.717) is 0 Å². The van der Waals surface area contributed by atoms with Gasteiger partial charge in [0.1, 0.15) is 13.1 Å². The van der Waals surface area contributed by atoms with Crippen LogP contribution < -0.4 is 26.2 Å². The predicted molar refractivity (Wildman–Crippen MR) is 303 cm³/mol. The van der Waals surface area contributed by atoms with Gasteiger partial charge in [0.25, 0.3) is 0 Å². The molecule has 2 aliphatic rings. The summed E-state index contributed by atoms with van der Waals surface area (Å²) in [6.07, 6.45) is 26.0. The van der Waals surface area contributed by atoms with Gasteiger partial charge in [0, 0.05) is 49.7 Å². The minimum atomic E-state index is -0.913. The van der Waals surface area contributed by atoms with Crippen LogP contribution in [0.15, 0.2) is 224 Å². The molecule has 5 aromatic carbocycles. The lowest BCUT2D eigenvalue weighted by Crippen LogP contribution is -2.66. The Bertz CT molecular complexity index is 2490. The number of nitrogens with zero attached hydrogens (tertiary/aromatic N) is 3. The lowest BCUT2D eigenvalue weighted by Gasteiger charge is -2.43. The first-order chi connectivity index (χ1) is 33.3. The van der Waals surface area contributed by atoms with Crippen molar-refractivity contribution in [2.45, 2.75) is 74.0 Å². The van der Waals surface area contributed by atoms with Gasteiger partial charge in [-0.1, -0.05) is 184 Å². The number of hydrogen-bond donors (Lipinski definition) is 0. The molecule has 0 unspecified atom stereocenters. The van der Waals surface area contributed by atoms with E-state index in [9.17, 15) is 0 Å². The highest BCUT2D eigenvalue weighted by atomic mass is 15.1. The molecular formula is C64H76BN3. The zero-order valence-electron chi connectivity index (χ0n) is 42.2. The summed E-state index contributed by atoms with van der Waals surface area (Å²) >= 11 is 0. The molecule has 0 N–H and O–H groups in total. The molecule has 7 rings (SSSR count). The summed E-state index contributed by atoms with van der Waals surface area (Å²) in [6.45, 7) is 25.7. The lowest BCUT2D eigenvalue weighted by molar-refractivity contribution is -0.519. The monoisotopic (exact) mass is 898 g/mol. The van der Waals surface area contributed by atoms with Crippen molar-refractivity contribution in [2.75, 3.05) is 49.1 Å². The van der Waals surface area contributed by atoms with Gasteiger partial charge in [-0.2, -0.15) is 22.7 Å². The molecule has 0 saturated carbocycles. The summed E-state index contributed by atoms with van der Waals surface area (Å²) in [4.78, 5) is 4.77. The van der Waals surface area contributed by atoms with Gasteiger partial charge >= 0.3 is 0 Å². The average Bonchev–Trinajstić information content (AvgIpc) is 3.40. The smallest absolute Gasteiger partial charge is 0.199 e. The second kappa shape index (κ2) is 26.0. The summed E-state index contributed by atoms with van der Waals surface area (Å²) in [6, 6.07) is 51.2. The molecule has 350 valence electrons. The van der Waals surface area contributed by atoms with E-state index in [1.807, 2.05) is 0 Å². The highest BCUT2D eigenvalue weighted by Crippen LogP contribution is 2.32. The fourth-order valence-corrected chi connectivity index (χ4v) is 10.00. The molecule has 0 atom stereocenters. The summed E-state index contributed by atoms with van der Waals surface area (Å²) in [7, 11) is 0. The Morgan fingerprint density at radius 2 is 1.03 bits per heavy atom. The molecule has 68 heavy (non-hydrogen) atoms. The molecule has 0 aliphatic heterocycles. The second-order valence-electron chi connectivity index (χ2n) is 17.8. The molecule has 0 bridgehead atoms. The van der Waals surface area contributed by atoms with Gasteiger partial charge in [-0.15, -0.1) is 0 Å². The number of unbranched alkanes of at least 4 members (excludes halogenated alkanes) is 1. The van der Waals surface area contributed by atoms with Crippen LogP contribution >= 0.6 is 0 Å². The van der Waals surface area contributed by atoms with Gasteiger partial charge in [-0.25, -0.2) is 4.58 Å². The van der Waals surface area contributed by atoms with E-state index in [1.165, 1.54) is 86.1 Å². The SMILES string of the molecule is C=C1C=CC(C(=CC=CC(=C2C=CC(=[N+](CC)CC)C=C2)c2ccc(N(CC)CC)cc2)c2ccc(N(CC)CC)cc2)=CC1.CCCC[B-](c1ccccc1)(c1ccccc1)c1ccccc1. The fraction of sp³-hybridized carbons (Fsp3) is 0.266. The van der Waals surface area contributed by atoms with Crippen molar-refractivity contribution in [2.24, 2.45) is 0 Å². The normalized spacial score (nSPS) is 13.6. The van der Waals surface area contributed by atoms with Crippen molar-refractivity contribution >= 4 is 50.8 Å². The van der Waals surface area contributed by atoms with Crippen molar-refractivity contribution in [1.29, 1.82) is 0 Å². The number of benzene rings is 5. The number of allylic oxidation sites excluding steroid dienone is 15. The van der Waals surface area contributed by atoms with Gasteiger partial charge < -0.3 is 9.80 Å². The molecule has 0 saturated heterocycles. The first-order valence-corrected chi connectivity index (χ1v) is 25.5. The van der Waals surface area contributed by atoms with Crippen molar-refractivity contribution in [3.8, 4) is 0 Å². The molecule has 0 heterocycles. The molecule has 4 heteroatoms. The van der Waals surface area contributed by atoms with Gasteiger partial charge in [-0.3, -0.25) is 0 Å². The van der Waals surface area contributed by atoms with E-state index >= 15 is 0 Å². The van der Waals surface area contributed by atoms with Crippen LogP contribution in [0, 0.1) is 0 Å².